The topological polar surface area (TPSA) is 29.5 Å². The summed E-state index contributed by atoms with van der Waals surface area (Å²) in [5.74, 6) is 0.467. The Morgan fingerprint density at radius 2 is 1.85 bits per heavy atom. The summed E-state index contributed by atoms with van der Waals surface area (Å²) in [6.45, 7) is 11.3. The molecule has 0 saturated heterocycles. The summed E-state index contributed by atoms with van der Waals surface area (Å²) in [5, 5.41) is 9.52. The van der Waals surface area contributed by atoms with Crippen molar-refractivity contribution in [3.63, 3.8) is 0 Å². The number of aliphatic hydroxyl groups is 1. The summed E-state index contributed by atoms with van der Waals surface area (Å²) in [7, 11) is -1.68. The van der Waals surface area contributed by atoms with Gasteiger partial charge < -0.3 is 9.53 Å². The van der Waals surface area contributed by atoms with Gasteiger partial charge in [-0.05, 0) is 18.1 Å². The lowest BCUT2D eigenvalue weighted by Crippen LogP contribution is -2.42. The molecule has 1 N–H and O–H groups in total. The summed E-state index contributed by atoms with van der Waals surface area (Å²) in [6.07, 6.45) is -0.433. The maximum Gasteiger partial charge on any atom is 0.192 e. The Morgan fingerprint density at radius 1 is 1.38 bits per heavy atom. The summed E-state index contributed by atoms with van der Waals surface area (Å²) in [6, 6.07) is 0. The van der Waals surface area contributed by atoms with Gasteiger partial charge in [-0.25, -0.2) is 0 Å². The van der Waals surface area contributed by atoms with E-state index >= 15 is 0 Å². The zero-order chi connectivity index (χ0) is 10.7. The minimum Gasteiger partial charge on any atom is -0.414 e. The molecule has 1 atom stereocenters. The maximum absolute atomic E-state index is 9.31. The van der Waals surface area contributed by atoms with Crippen molar-refractivity contribution < 1.29 is 9.53 Å². The fourth-order valence-corrected chi connectivity index (χ4v) is 1.72. The average molecular weight is 222 g/mol. The molecule has 0 amide bonds. The predicted molar refractivity (Wildman–Crippen MR) is 63.0 cm³/mol. The van der Waals surface area contributed by atoms with Crippen molar-refractivity contribution in [1.82, 2.24) is 0 Å². The zero-order valence-corrected chi connectivity index (χ0v) is 11.2. The molecule has 0 bridgehead atoms. The molecule has 0 aliphatic carbocycles. The van der Waals surface area contributed by atoms with Gasteiger partial charge in [0.25, 0.3) is 0 Å². The third-order valence-corrected chi connectivity index (χ3v) is 7.58. The van der Waals surface area contributed by atoms with Crippen LogP contribution >= 0.6 is 12.6 Å². The average Bonchev–Trinajstić information content (AvgIpc) is 1.98. The van der Waals surface area contributed by atoms with E-state index in [4.69, 9.17) is 4.43 Å². The monoisotopic (exact) mass is 222 g/mol. The summed E-state index contributed by atoms with van der Waals surface area (Å²) < 4.78 is 5.79. The number of thiol groups is 1. The van der Waals surface area contributed by atoms with Crippen LogP contribution in [-0.4, -0.2) is 31.9 Å². The Kier molecular flexibility index (Phi) is 5.00. The second-order valence-corrected chi connectivity index (χ2v) is 10.1. The highest BCUT2D eigenvalue weighted by atomic mass is 32.1. The van der Waals surface area contributed by atoms with E-state index in [1.54, 1.807) is 0 Å². The summed E-state index contributed by atoms with van der Waals surface area (Å²) >= 11 is 4.00. The molecular formula is C9H22O2SSi. The van der Waals surface area contributed by atoms with Gasteiger partial charge in [-0.1, -0.05) is 20.8 Å². The molecule has 0 saturated carbocycles. The van der Waals surface area contributed by atoms with E-state index in [-0.39, 0.29) is 5.04 Å². The lowest BCUT2D eigenvalue weighted by molar-refractivity contribution is 0.118. The van der Waals surface area contributed by atoms with Gasteiger partial charge in [-0.2, -0.15) is 12.6 Å². The summed E-state index contributed by atoms with van der Waals surface area (Å²) in [5.41, 5.74) is 0. The number of aliphatic hydroxyl groups excluding tert-OH is 1. The van der Waals surface area contributed by atoms with Crippen molar-refractivity contribution >= 4 is 20.9 Å². The molecule has 13 heavy (non-hydrogen) atoms. The smallest absolute Gasteiger partial charge is 0.192 e. The third-order valence-electron chi connectivity index (χ3n) is 2.65. The first kappa shape index (κ1) is 13.5. The van der Waals surface area contributed by atoms with Gasteiger partial charge in [0, 0.05) is 5.75 Å². The predicted octanol–water partition coefficient (Wildman–Crippen LogP) is 2.30. The fraction of sp³-hybridized carbons (Fsp3) is 1.00. The highest BCUT2D eigenvalue weighted by Gasteiger charge is 2.37. The molecule has 2 nitrogen and oxygen atoms in total. The minimum absolute atomic E-state index is 0.212. The molecule has 1 unspecified atom stereocenters. The van der Waals surface area contributed by atoms with E-state index < -0.39 is 14.4 Å². The minimum atomic E-state index is -1.68. The third kappa shape index (κ3) is 4.49. The number of hydrogen-bond donors (Lipinski definition) is 2. The molecule has 80 valence electrons. The highest BCUT2D eigenvalue weighted by molar-refractivity contribution is 7.80. The Bertz CT molecular complexity index is 154. The molecule has 0 spiro atoms. The Balaban J connectivity index is 4.04. The molecule has 4 heteroatoms. The van der Waals surface area contributed by atoms with E-state index in [9.17, 15) is 5.11 Å². The van der Waals surface area contributed by atoms with E-state index in [0.717, 1.165) is 0 Å². The molecule has 0 aromatic rings. The van der Waals surface area contributed by atoms with Gasteiger partial charge in [-0.3, -0.25) is 0 Å². The first-order valence-corrected chi connectivity index (χ1v) is 8.17. The van der Waals surface area contributed by atoms with Crippen LogP contribution in [0, 0.1) is 0 Å². The molecule has 0 aliphatic rings. The van der Waals surface area contributed by atoms with Crippen LogP contribution in [0.2, 0.25) is 18.1 Å². The first-order chi connectivity index (χ1) is 5.70. The van der Waals surface area contributed by atoms with Crippen LogP contribution in [0.25, 0.3) is 0 Å². The highest BCUT2D eigenvalue weighted by Crippen LogP contribution is 2.36. The van der Waals surface area contributed by atoms with Gasteiger partial charge in [0.15, 0.2) is 8.32 Å². The van der Waals surface area contributed by atoms with Crippen molar-refractivity contribution in [3.8, 4) is 0 Å². The largest absolute Gasteiger partial charge is 0.414 e. The molecule has 0 radical (unpaired) electrons. The normalized spacial score (nSPS) is 15.9. The first-order valence-electron chi connectivity index (χ1n) is 4.63. The number of rotatable bonds is 4. The molecular weight excluding hydrogens is 200 g/mol. The van der Waals surface area contributed by atoms with Crippen LogP contribution in [-0.2, 0) is 4.43 Å². The van der Waals surface area contributed by atoms with Gasteiger partial charge >= 0.3 is 0 Å². The van der Waals surface area contributed by atoms with E-state index in [0.29, 0.717) is 12.4 Å². The van der Waals surface area contributed by atoms with Crippen molar-refractivity contribution in [2.75, 3.05) is 12.4 Å². The van der Waals surface area contributed by atoms with Crippen LogP contribution in [0.15, 0.2) is 0 Å². The maximum atomic E-state index is 9.31. The Hall–Kier alpha value is 0.487. The molecule has 0 aliphatic heterocycles. The Labute approximate surface area is 88.2 Å². The standard InChI is InChI=1S/C9H22O2SSi/c1-9(2,3)13(4,5)11-6-8(10)7-12/h8,10,12H,6-7H2,1-5H3. The quantitative estimate of drug-likeness (QED) is 0.564. The van der Waals surface area contributed by atoms with Crippen LogP contribution in [0.1, 0.15) is 20.8 Å². The van der Waals surface area contributed by atoms with Crippen molar-refractivity contribution in [2.24, 2.45) is 0 Å². The van der Waals surface area contributed by atoms with Crippen LogP contribution in [0.4, 0.5) is 0 Å². The van der Waals surface area contributed by atoms with Gasteiger partial charge in [0.1, 0.15) is 0 Å². The molecule has 0 aromatic carbocycles. The van der Waals surface area contributed by atoms with Crippen LogP contribution in [0.5, 0.6) is 0 Å². The van der Waals surface area contributed by atoms with E-state index in [1.807, 2.05) is 0 Å². The molecule has 0 fully saturated rings. The van der Waals surface area contributed by atoms with E-state index in [1.165, 1.54) is 0 Å². The lowest BCUT2D eigenvalue weighted by Gasteiger charge is -2.36. The fourth-order valence-electron chi connectivity index (χ4n) is 0.574. The SMILES string of the molecule is CC(C)(C)[Si](C)(C)OCC(O)CS. The second-order valence-electron chi connectivity index (χ2n) is 4.91. The second kappa shape index (κ2) is 4.82. The van der Waals surface area contributed by atoms with Crippen molar-refractivity contribution in [1.29, 1.82) is 0 Å². The number of hydrogen-bond acceptors (Lipinski definition) is 3. The zero-order valence-electron chi connectivity index (χ0n) is 9.29. The van der Waals surface area contributed by atoms with Gasteiger partial charge in [-0.15, -0.1) is 0 Å². The molecule has 0 rings (SSSR count). The van der Waals surface area contributed by atoms with E-state index in [2.05, 4.69) is 46.5 Å². The van der Waals surface area contributed by atoms with Crippen LogP contribution < -0.4 is 0 Å². The van der Waals surface area contributed by atoms with Gasteiger partial charge in [0.2, 0.25) is 0 Å². The lowest BCUT2D eigenvalue weighted by atomic mass is 10.2. The van der Waals surface area contributed by atoms with Crippen LogP contribution in [0.3, 0.4) is 0 Å². The van der Waals surface area contributed by atoms with Crippen molar-refractivity contribution in [3.05, 3.63) is 0 Å². The molecule has 0 heterocycles. The summed E-state index contributed by atoms with van der Waals surface area (Å²) in [4.78, 5) is 0. The molecule has 0 aromatic heterocycles. The van der Waals surface area contributed by atoms with Crippen molar-refractivity contribution in [2.45, 2.75) is 45.0 Å². The Morgan fingerprint density at radius 3 is 2.15 bits per heavy atom. The van der Waals surface area contributed by atoms with Gasteiger partial charge in [0.05, 0.1) is 12.7 Å².